The van der Waals surface area contributed by atoms with E-state index in [9.17, 15) is 4.79 Å². The summed E-state index contributed by atoms with van der Waals surface area (Å²) in [6.07, 6.45) is 4.61. The summed E-state index contributed by atoms with van der Waals surface area (Å²) in [6, 6.07) is 3.64. The lowest BCUT2D eigenvalue weighted by Gasteiger charge is -2.30. The van der Waals surface area contributed by atoms with Crippen molar-refractivity contribution in [1.29, 1.82) is 0 Å². The topological polar surface area (TPSA) is 72.1 Å². The summed E-state index contributed by atoms with van der Waals surface area (Å²) in [5.41, 5.74) is 5.90. The molecule has 0 aromatic carbocycles. The van der Waals surface area contributed by atoms with Crippen molar-refractivity contribution >= 4 is 11.7 Å². The summed E-state index contributed by atoms with van der Waals surface area (Å²) in [7, 11) is 0. The van der Waals surface area contributed by atoms with E-state index in [1.54, 1.807) is 12.1 Å². The smallest absolute Gasteiger partial charge is 0.274 e. The molecule has 0 atom stereocenters. The zero-order valence-electron chi connectivity index (χ0n) is 11.7. The molecule has 2 N–H and O–H groups in total. The molecule has 0 aliphatic heterocycles. The average Bonchev–Trinajstić information content (AvgIpc) is 2.89. The molecule has 0 unspecified atom stereocenters. The van der Waals surface area contributed by atoms with Gasteiger partial charge in [0, 0.05) is 12.6 Å². The fourth-order valence-electron chi connectivity index (χ4n) is 2.61. The molecule has 1 heterocycles. The van der Waals surface area contributed by atoms with Crippen molar-refractivity contribution in [2.45, 2.75) is 45.6 Å². The van der Waals surface area contributed by atoms with Crippen molar-refractivity contribution in [2.75, 3.05) is 12.3 Å². The second-order valence-corrected chi connectivity index (χ2v) is 5.63. The van der Waals surface area contributed by atoms with E-state index in [2.05, 4.69) is 24.0 Å². The van der Waals surface area contributed by atoms with Crippen molar-refractivity contribution in [3.8, 4) is 0 Å². The first-order valence-electron chi connectivity index (χ1n) is 6.98. The normalized spacial score (nSPS) is 15.9. The van der Waals surface area contributed by atoms with Gasteiger partial charge in [-0.3, -0.25) is 4.79 Å². The third-order valence-electron chi connectivity index (χ3n) is 3.49. The summed E-state index contributed by atoms with van der Waals surface area (Å²) < 4.78 is 0. The highest BCUT2D eigenvalue weighted by Gasteiger charge is 2.28. The quantitative estimate of drug-likeness (QED) is 0.902. The Kier molecular flexibility index (Phi) is 4.35. The first kappa shape index (κ1) is 13.8. The van der Waals surface area contributed by atoms with Crippen molar-refractivity contribution in [2.24, 2.45) is 5.92 Å². The molecule has 19 heavy (non-hydrogen) atoms. The molecular weight excluding hydrogens is 240 g/mol. The lowest BCUT2D eigenvalue weighted by Crippen LogP contribution is -2.41. The Labute approximate surface area is 114 Å². The molecule has 5 heteroatoms. The third kappa shape index (κ3) is 3.43. The van der Waals surface area contributed by atoms with Crippen molar-refractivity contribution in [3.05, 3.63) is 17.8 Å². The Balaban J connectivity index is 2.16. The Morgan fingerprint density at radius 3 is 2.58 bits per heavy atom. The maximum Gasteiger partial charge on any atom is 0.274 e. The van der Waals surface area contributed by atoms with E-state index < -0.39 is 0 Å². The van der Waals surface area contributed by atoms with Crippen LogP contribution in [0.25, 0.3) is 0 Å². The molecular formula is C14H22N4O. The van der Waals surface area contributed by atoms with Crippen LogP contribution >= 0.6 is 0 Å². The number of nitrogens with two attached hydrogens (primary N) is 1. The van der Waals surface area contributed by atoms with Crippen LogP contribution in [0.15, 0.2) is 12.1 Å². The Bertz CT molecular complexity index is 424. The lowest BCUT2D eigenvalue weighted by atomic mass is 10.1. The molecule has 0 spiro atoms. The average molecular weight is 262 g/mol. The summed E-state index contributed by atoms with van der Waals surface area (Å²) >= 11 is 0. The van der Waals surface area contributed by atoms with Crippen molar-refractivity contribution < 1.29 is 4.79 Å². The molecule has 1 aliphatic rings. The van der Waals surface area contributed by atoms with Crippen LogP contribution in [0, 0.1) is 5.92 Å². The summed E-state index contributed by atoms with van der Waals surface area (Å²) in [5.74, 6) is 0.771. The second-order valence-electron chi connectivity index (χ2n) is 5.63. The molecule has 1 aromatic rings. The molecule has 1 aromatic heterocycles. The molecule has 0 bridgehead atoms. The Morgan fingerprint density at radius 1 is 1.37 bits per heavy atom. The van der Waals surface area contributed by atoms with E-state index in [1.165, 1.54) is 12.8 Å². The molecule has 1 amide bonds. The van der Waals surface area contributed by atoms with Crippen LogP contribution in [0.1, 0.15) is 50.0 Å². The van der Waals surface area contributed by atoms with Crippen LogP contribution in [0.3, 0.4) is 0 Å². The summed E-state index contributed by atoms with van der Waals surface area (Å²) in [4.78, 5) is 14.5. The number of hydrogen-bond donors (Lipinski definition) is 1. The highest BCUT2D eigenvalue weighted by molar-refractivity contribution is 5.92. The number of nitrogens with zero attached hydrogens (tertiary/aromatic N) is 3. The van der Waals surface area contributed by atoms with Crippen molar-refractivity contribution in [3.63, 3.8) is 0 Å². The first-order valence-corrected chi connectivity index (χ1v) is 6.98. The standard InChI is InChI=1S/C14H22N4O/c1-10(2)9-18(11-5-3-4-6-11)14(19)12-7-8-13(15)17-16-12/h7-8,10-11H,3-6,9H2,1-2H3,(H2,15,17). The maximum absolute atomic E-state index is 12.6. The van der Waals surface area contributed by atoms with Crippen LogP contribution in [0.2, 0.25) is 0 Å². The number of amides is 1. The van der Waals surface area contributed by atoms with E-state index >= 15 is 0 Å². The SMILES string of the molecule is CC(C)CN(C(=O)c1ccc(N)nn1)C1CCCC1. The third-order valence-corrected chi connectivity index (χ3v) is 3.49. The predicted octanol–water partition coefficient (Wildman–Crippen LogP) is 2.10. The number of hydrogen-bond acceptors (Lipinski definition) is 4. The minimum atomic E-state index is -0.0203. The van der Waals surface area contributed by atoms with Gasteiger partial charge in [0.15, 0.2) is 5.69 Å². The first-order chi connectivity index (χ1) is 9.08. The predicted molar refractivity (Wildman–Crippen MR) is 74.6 cm³/mol. The highest BCUT2D eigenvalue weighted by atomic mass is 16.2. The Morgan fingerprint density at radius 2 is 2.05 bits per heavy atom. The molecule has 2 rings (SSSR count). The van der Waals surface area contributed by atoms with Gasteiger partial charge >= 0.3 is 0 Å². The summed E-state index contributed by atoms with van der Waals surface area (Å²) in [6.45, 7) is 5.03. The van der Waals surface area contributed by atoms with E-state index in [1.807, 2.05) is 4.90 Å². The minimum Gasteiger partial charge on any atom is -0.382 e. The van der Waals surface area contributed by atoms with Gasteiger partial charge in [0.25, 0.3) is 5.91 Å². The number of carbonyl (C=O) groups excluding carboxylic acids is 1. The molecule has 1 aliphatic carbocycles. The number of rotatable bonds is 4. The van der Waals surface area contributed by atoms with Gasteiger partial charge in [0.05, 0.1) is 0 Å². The van der Waals surface area contributed by atoms with Crippen LogP contribution < -0.4 is 5.73 Å². The van der Waals surface area contributed by atoms with Crippen LogP contribution in [-0.4, -0.2) is 33.6 Å². The van der Waals surface area contributed by atoms with E-state index in [0.29, 0.717) is 23.5 Å². The number of aromatic nitrogens is 2. The maximum atomic E-state index is 12.6. The second kappa shape index (κ2) is 5.99. The van der Waals surface area contributed by atoms with Gasteiger partial charge in [-0.2, -0.15) is 0 Å². The number of anilines is 1. The molecule has 0 radical (unpaired) electrons. The van der Waals surface area contributed by atoms with E-state index in [0.717, 1.165) is 19.4 Å². The van der Waals surface area contributed by atoms with Gasteiger partial charge in [-0.25, -0.2) is 0 Å². The minimum absolute atomic E-state index is 0.0203. The van der Waals surface area contributed by atoms with Crippen LogP contribution in [0.4, 0.5) is 5.82 Å². The van der Waals surface area contributed by atoms with E-state index in [-0.39, 0.29) is 5.91 Å². The fourth-order valence-corrected chi connectivity index (χ4v) is 2.61. The zero-order chi connectivity index (χ0) is 13.8. The Hall–Kier alpha value is -1.65. The van der Waals surface area contributed by atoms with Gasteiger partial charge in [0.1, 0.15) is 5.82 Å². The molecule has 5 nitrogen and oxygen atoms in total. The highest BCUT2D eigenvalue weighted by Crippen LogP contribution is 2.25. The van der Waals surface area contributed by atoms with Gasteiger partial charge in [-0.05, 0) is 30.9 Å². The van der Waals surface area contributed by atoms with Crippen LogP contribution in [-0.2, 0) is 0 Å². The number of nitrogen functional groups attached to an aromatic ring is 1. The monoisotopic (exact) mass is 262 g/mol. The molecule has 0 saturated heterocycles. The van der Waals surface area contributed by atoms with Gasteiger partial charge < -0.3 is 10.6 Å². The molecule has 104 valence electrons. The lowest BCUT2D eigenvalue weighted by molar-refractivity contribution is 0.0648. The fraction of sp³-hybridized carbons (Fsp3) is 0.643. The molecule has 1 fully saturated rings. The largest absolute Gasteiger partial charge is 0.382 e. The van der Waals surface area contributed by atoms with Crippen molar-refractivity contribution in [1.82, 2.24) is 15.1 Å². The molecule has 1 saturated carbocycles. The van der Waals surface area contributed by atoms with Gasteiger partial charge in [-0.15, -0.1) is 10.2 Å². The zero-order valence-corrected chi connectivity index (χ0v) is 11.7. The van der Waals surface area contributed by atoms with E-state index in [4.69, 9.17) is 5.73 Å². The van der Waals surface area contributed by atoms with Gasteiger partial charge in [-0.1, -0.05) is 26.7 Å². The van der Waals surface area contributed by atoms with Crippen LogP contribution in [0.5, 0.6) is 0 Å². The van der Waals surface area contributed by atoms with Gasteiger partial charge in [0.2, 0.25) is 0 Å². The number of carbonyl (C=O) groups is 1. The summed E-state index contributed by atoms with van der Waals surface area (Å²) in [5, 5.41) is 7.68.